The normalized spacial score (nSPS) is 17.0. The highest BCUT2D eigenvalue weighted by Gasteiger charge is 2.32. The van der Waals surface area contributed by atoms with Gasteiger partial charge in [0.1, 0.15) is 5.75 Å². The number of nitrogens with zero attached hydrogens (tertiary/aromatic N) is 1. The van der Waals surface area contributed by atoms with Gasteiger partial charge in [-0.3, -0.25) is 4.79 Å². The van der Waals surface area contributed by atoms with Gasteiger partial charge in [-0.1, -0.05) is 6.07 Å². The van der Waals surface area contributed by atoms with Crippen molar-refractivity contribution in [3.63, 3.8) is 0 Å². The van der Waals surface area contributed by atoms with Crippen LogP contribution in [0.3, 0.4) is 0 Å². The number of benzene rings is 1. The molecule has 25 heavy (non-hydrogen) atoms. The fourth-order valence-corrected chi connectivity index (χ4v) is 3.66. The smallest absolute Gasteiger partial charge is 0.253 e. The van der Waals surface area contributed by atoms with E-state index in [1.165, 1.54) is 0 Å². The number of ether oxygens (including phenoxy) is 1. The van der Waals surface area contributed by atoms with Crippen molar-refractivity contribution < 1.29 is 9.53 Å². The van der Waals surface area contributed by atoms with E-state index in [2.05, 4.69) is 26.6 Å². The van der Waals surface area contributed by atoms with Gasteiger partial charge in [-0.05, 0) is 73.5 Å². The fourth-order valence-electron chi connectivity index (χ4n) is 2.88. The summed E-state index contributed by atoms with van der Waals surface area (Å²) in [4.78, 5) is 14.8. The molecule has 1 aromatic rings. The highest BCUT2D eigenvalue weighted by Crippen LogP contribution is 2.33. The minimum atomic E-state index is -0.297. The van der Waals surface area contributed by atoms with Gasteiger partial charge in [0, 0.05) is 18.8 Å². The number of amides is 1. The summed E-state index contributed by atoms with van der Waals surface area (Å²) in [7, 11) is 0. The lowest BCUT2D eigenvalue weighted by Gasteiger charge is -2.33. The number of carbonyl (C=O) groups is 1. The van der Waals surface area contributed by atoms with Crippen molar-refractivity contribution in [1.82, 2.24) is 15.5 Å². The summed E-state index contributed by atoms with van der Waals surface area (Å²) >= 11 is 8.85. The Labute approximate surface area is 162 Å². The van der Waals surface area contributed by atoms with Crippen LogP contribution in [0, 0.1) is 0 Å². The first-order valence-electron chi connectivity index (χ1n) is 8.42. The largest absolute Gasteiger partial charge is 0.493 e. The van der Waals surface area contributed by atoms with Gasteiger partial charge in [0.15, 0.2) is 5.11 Å². The Morgan fingerprint density at radius 2 is 2.00 bits per heavy atom. The van der Waals surface area contributed by atoms with Crippen LogP contribution in [0.5, 0.6) is 5.75 Å². The standard InChI is InChI=1S/C18H24BrN3O2S/c1-5-22(6-2)17(23)15-11(4)20-18(25)21-16(15)12-8-9-14(24-7-3)13(19)10-12/h8-10,16H,5-7H2,1-4H3,(H2,20,21,25)/t16-/m0/s1. The van der Waals surface area contributed by atoms with Crippen molar-refractivity contribution in [1.29, 1.82) is 0 Å². The maximum absolute atomic E-state index is 13.0. The van der Waals surface area contributed by atoms with Crippen molar-refractivity contribution in [2.75, 3.05) is 19.7 Å². The van der Waals surface area contributed by atoms with Crippen LogP contribution in [0.2, 0.25) is 0 Å². The highest BCUT2D eigenvalue weighted by atomic mass is 79.9. The summed E-state index contributed by atoms with van der Waals surface area (Å²) in [6, 6.07) is 5.54. The first-order valence-corrected chi connectivity index (χ1v) is 9.62. The Kier molecular flexibility index (Phi) is 6.84. The molecule has 0 spiro atoms. The molecule has 2 N–H and O–H groups in total. The summed E-state index contributed by atoms with van der Waals surface area (Å²) < 4.78 is 6.43. The van der Waals surface area contributed by atoms with Crippen molar-refractivity contribution in [2.45, 2.75) is 33.7 Å². The van der Waals surface area contributed by atoms with Gasteiger partial charge in [-0.25, -0.2) is 0 Å². The van der Waals surface area contributed by atoms with Crippen molar-refractivity contribution >= 4 is 39.2 Å². The third-order valence-electron chi connectivity index (χ3n) is 4.14. The molecular weight excluding hydrogens is 402 g/mol. The van der Waals surface area contributed by atoms with Crippen molar-refractivity contribution in [2.24, 2.45) is 0 Å². The maximum atomic E-state index is 13.0. The molecule has 0 radical (unpaired) electrons. The predicted octanol–water partition coefficient (Wildman–Crippen LogP) is 3.51. The second-order valence-corrected chi connectivity index (χ2v) is 6.93. The van der Waals surface area contributed by atoms with E-state index in [-0.39, 0.29) is 11.9 Å². The van der Waals surface area contributed by atoms with Crippen LogP contribution in [0.15, 0.2) is 33.9 Å². The molecule has 1 atom stereocenters. The van der Waals surface area contributed by atoms with E-state index in [4.69, 9.17) is 17.0 Å². The molecule has 0 saturated carbocycles. The molecule has 1 aliphatic rings. The zero-order valence-corrected chi connectivity index (χ0v) is 17.4. The second kappa shape index (κ2) is 8.67. The fraction of sp³-hybridized carbons (Fsp3) is 0.444. The molecule has 136 valence electrons. The second-order valence-electron chi connectivity index (χ2n) is 5.67. The van der Waals surface area contributed by atoms with Crippen LogP contribution in [0.4, 0.5) is 0 Å². The molecule has 0 saturated heterocycles. The number of halogens is 1. The lowest BCUT2D eigenvalue weighted by atomic mass is 9.94. The van der Waals surface area contributed by atoms with Gasteiger partial charge in [-0.15, -0.1) is 0 Å². The number of carbonyl (C=O) groups excluding carboxylic acids is 1. The minimum absolute atomic E-state index is 0.0139. The van der Waals surface area contributed by atoms with Crippen molar-refractivity contribution in [3.8, 4) is 5.75 Å². The average molecular weight is 426 g/mol. The molecule has 1 aliphatic heterocycles. The van der Waals surface area contributed by atoms with E-state index in [1.54, 1.807) is 0 Å². The van der Waals surface area contributed by atoms with Crippen molar-refractivity contribution in [3.05, 3.63) is 39.5 Å². The third-order valence-corrected chi connectivity index (χ3v) is 4.98. The first-order chi connectivity index (χ1) is 11.9. The number of allylic oxidation sites excluding steroid dienone is 1. The van der Waals surface area contributed by atoms with E-state index in [1.807, 2.05) is 50.8 Å². The summed E-state index contributed by atoms with van der Waals surface area (Å²) in [6.07, 6.45) is 0. The SMILES string of the molecule is CCOc1ccc([C@@H]2NC(=S)NC(C)=C2C(=O)N(CC)CC)cc1Br. The lowest BCUT2D eigenvalue weighted by molar-refractivity contribution is -0.127. The van der Waals surface area contributed by atoms with E-state index in [0.29, 0.717) is 30.4 Å². The molecule has 1 heterocycles. The van der Waals surface area contributed by atoms with Crippen LogP contribution in [-0.2, 0) is 4.79 Å². The van der Waals surface area contributed by atoms with Gasteiger partial charge >= 0.3 is 0 Å². The van der Waals surface area contributed by atoms with Crippen LogP contribution >= 0.6 is 28.1 Å². The molecule has 2 rings (SSSR count). The number of nitrogens with one attached hydrogen (secondary N) is 2. The zero-order chi connectivity index (χ0) is 18.6. The number of thiocarbonyl (C=S) groups is 1. The first kappa shape index (κ1) is 19.7. The zero-order valence-electron chi connectivity index (χ0n) is 15.0. The summed E-state index contributed by atoms with van der Waals surface area (Å²) in [6.45, 7) is 9.72. The molecule has 0 aliphatic carbocycles. The van der Waals surface area contributed by atoms with Gasteiger partial charge in [0.05, 0.1) is 22.7 Å². The number of rotatable bonds is 6. The Balaban J connectivity index is 2.45. The van der Waals surface area contributed by atoms with Gasteiger partial charge in [0.25, 0.3) is 5.91 Å². The number of hydrogen-bond donors (Lipinski definition) is 2. The predicted molar refractivity (Wildman–Crippen MR) is 108 cm³/mol. The maximum Gasteiger partial charge on any atom is 0.253 e. The van der Waals surface area contributed by atoms with Crippen LogP contribution in [-0.4, -0.2) is 35.6 Å². The Hall–Kier alpha value is -1.60. The molecule has 1 amide bonds. The average Bonchev–Trinajstić information content (AvgIpc) is 2.57. The molecule has 0 bridgehead atoms. The summed E-state index contributed by atoms with van der Waals surface area (Å²) in [5, 5.41) is 6.82. The molecule has 0 aromatic heterocycles. The minimum Gasteiger partial charge on any atom is -0.493 e. The Bertz CT molecular complexity index is 702. The topological polar surface area (TPSA) is 53.6 Å². The molecule has 0 unspecified atom stereocenters. The van der Waals surface area contributed by atoms with Crippen LogP contribution in [0.25, 0.3) is 0 Å². The van der Waals surface area contributed by atoms with Gasteiger partial charge < -0.3 is 20.3 Å². The van der Waals surface area contributed by atoms with E-state index >= 15 is 0 Å². The van der Waals surface area contributed by atoms with Crippen LogP contribution in [0.1, 0.15) is 39.3 Å². The molecular formula is C18H24BrN3O2S. The number of likely N-dealkylation sites (N-methyl/N-ethyl adjacent to an activating group) is 1. The molecule has 7 heteroatoms. The third kappa shape index (κ3) is 4.33. The summed E-state index contributed by atoms with van der Waals surface area (Å²) in [5.74, 6) is 0.792. The van der Waals surface area contributed by atoms with Gasteiger partial charge in [0.2, 0.25) is 0 Å². The lowest BCUT2D eigenvalue weighted by Crippen LogP contribution is -2.47. The van der Waals surface area contributed by atoms with E-state index in [9.17, 15) is 4.79 Å². The molecule has 1 aromatic carbocycles. The molecule has 5 nitrogen and oxygen atoms in total. The monoisotopic (exact) mass is 425 g/mol. The summed E-state index contributed by atoms with van der Waals surface area (Å²) in [5.41, 5.74) is 2.43. The van der Waals surface area contributed by atoms with Gasteiger partial charge in [-0.2, -0.15) is 0 Å². The quantitative estimate of drug-likeness (QED) is 0.682. The van der Waals surface area contributed by atoms with Crippen LogP contribution < -0.4 is 15.4 Å². The highest BCUT2D eigenvalue weighted by molar-refractivity contribution is 9.10. The van der Waals surface area contributed by atoms with E-state index < -0.39 is 0 Å². The number of hydrogen-bond acceptors (Lipinski definition) is 3. The Morgan fingerprint density at radius 1 is 1.32 bits per heavy atom. The Morgan fingerprint density at radius 3 is 2.56 bits per heavy atom. The molecule has 0 fully saturated rings. The van der Waals surface area contributed by atoms with E-state index in [0.717, 1.165) is 21.5 Å².